The minimum Gasteiger partial charge on any atom is -0.333 e. The van der Waals surface area contributed by atoms with Gasteiger partial charge in [0.05, 0.1) is 23.2 Å². The Kier molecular flexibility index (Phi) is 8.40. The number of halogens is 4. The molecule has 0 heterocycles. The molecule has 0 atom stereocenters. The summed E-state index contributed by atoms with van der Waals surface area (Å²) in [5, 5.41) is 2.22. The van der Waals surface area contributed by atoms with Crippen molar-refractivity contribution in [3.05, 3.63) is 29.8 Å². The van der Waals surface area contributed by atoms with Crippen LogP contribution in [0.4, 0.5) is 18.9 Å². The number of amides is 2. The Morgan fingerprint density at radius 1 is 1.20 bits per heavy atom. The molecule has 1 aromatic carbocycles. The van der Waals surface area contributed by atoms with E-state index >= 15 is 0 Å². The van der Waals surface area contributed by atoms with Crippen LogP contribution in [0.25, 0.3) is 0 Å². The molecule has 0 radical (unpaired) electrons. The minimum absolute atomic E-state index is 0. The van der Waals surface area contributed by atoms with Crippen LogP contribution in [0.3, 0.4) is 0 Å². The summed E-state index contributed by atoms with van der Waals surface area (Å²) >= 11 is 0. The van der Waals surface area contributed by atoms with E-state index in [1.807, 2.05) is 0 Å². The Morgan fingerprint density at radius 3 is 2.24 bits per heavy atom. The predicted molar refractivity (Wildman–Crippen MR) is 92.4 cm³/mol. The summed E-state index contributed by atoms with van der Waals surface area (Å²) < 4.78 is 38.8. The third-order valence-electron chi connectivity index (χ3n) is 3.60. The lowest BCUT2D eigenvalue weighted by molar-refractivity contribution is -0.142. The number of hydrogen-bond acceptors (Lipinski definition) is 3. The molecule has 2 amide bonds. The van der Waals surface area contributed by atoms with Gasteiger partial charge in [-0.1, -0.05) is 12.1 Å². The Bertz CT molecular complexity index is 607. The van der Waals surface area contributed by atoms with Gasteiger partial charge >= 0.3 is 6.18 Å². The molecule has 0 unspecified atom stereocenters. The molecule has 0 aliphatic rings. The Balaban J connectivity index is 0.00000576. The van der Waals surface area contributed by atoms with Crippen molar-refractivity contribution in [3.8, 4) is 0 Å². The van der Waals surface area contributed by atoms with Gasteiger partial charge in [-0.2, -0.15) is 13.2 Å². The second-order valence-corrected chi connectivity index (χ2v) is 6.00. The van der Waals surface area contributed by atoms with Crippen molar-refractivity contribution in [2.45, 2.75) is 26.9 Å². The summed E-state index contributed by atoms with van der Waals surface area (Å²) in [5.74, 6) is -1.03. The molecule has 0 aliphatic carbocycles. The average molecular weight is 382 g/mol. The first-order chi connectivity index (χ1) is 11.0. The standard InChI is InChI=1S/C16H22F3N3O2.ClH/c1-4-22(14(24)15(2,3)10-20)9-13(23)21-12-8-6-5-7-11(12)16(17,18)19;/h5-8H,4,9-10,20H2,1-3H3,(H,21,23);1H. The second kappa shape index (κ2) is 9.05. The van der Waals surface area contributed by atoms with Crippen LogP contribution >= 0.6 is 12.4 Å². The van der Waals surface area contributed by atoms with E-state index in [-0.39, 0.29) is 43.6 Å². The highest BCUT2D eigenvalue weighted by molar-refractivity contribution is 5.96. The molecule has 0 aliphatic heterocycles. The van der Waals surface area contributed by atoms with Gasteiger partial charge in [-0.25, -0.2) is 0 Å². The number of benzene rings is 1. The number of nitrogens with one attached hydrogen (secondary N) is 1. The second-order valence-electron chi connectivity index (χ2n) is 6.00. The smallest absolute Gasteiger partial charge is 0.333 e. The summed E-state index contributed by atoms with van der Waals surface area (Å²) in [7, 11) is 0. The van der Waals surface area contributed by atoms with Crippen molar-refractivity contribution >= 4 is 29.9 Å². The predicted octanol–water partition coefficient (Wildman–Crippen LogP) is 2.90. The van der Waals surface area contributed by atoms with Crippen LogP contribution in [0.15, 0.2) is 24.3 Å². The molecular formula is C16H23ClF3N3O2. The van der Waals surface area contributed by atoms with E-state index in [0.29, 0.717) is 0 Å². The van der Waals surface area contributed by atoms with E-state index in [1.165, 1.54) is 23.1 Å². The zero-order chi connectivity index (χ0) is 18.5. The first-order valence-electron chi connectivity index (χ1n) is 7.48. The van der Waals surface area contributed by atoms with Gasteiger partial charge in [0, 0.05) is 13.1 Å². The summed E-state index contributed by atoms with van der Waals surface area (Å²) in [6, 6.07) is 4.69. The fraction of sp³-hybridized carbons (Fsp3) is 0.500. The molecule has 9 heteroatoms. The number of carbonyl (C=O) groups is 2. The first kappa shape index (κ1) is 23.2. The van der Waals surface area contributed by atoms with E-state index in [0.717, 1.165) is 6.07 Å². The Hall–Kier alpha value is -1.80. The zero-order valence-electron chi connectivity index (χ0n) is 14.3. The molecule has 142 valence electrons. The van der Waals surface area contributed by atoms with Crippen molar-refractivity contribution in [1.82, 2.24) is 4.90 Å². The van der Waals surface area contributed by atoms with Gasteiger partial charge in [0.1, 0.15) is 0 Å². The van der Waals surface area contributed by atoms with Gasteiger partial charge < -0.3 is 16.0 Å². The van der Waals surface area contributed by atoms with Gasteiger partial charge in [-0.05, 0) is 32.9 Å². The molecule has 0 bridgehead atoms. The van der Waals surface area contributed by atoms with Crippen LogP contribution in [0, 0.1) is 5.41 Å². The molecular weight excluding hydrogens is 359 g/mol. The van der Waals surface area contributed by atoms with Gasteiger partial charge in [0.15, 0.2) is 0 Å². The Labute approximate surface area is 151 Å². The molecule has 0 spiro atoms. The number of carbonyl (C=O) groups excluding carboxylic acids is 2. The lowest BCUT2D eigenvalue weighted by atomic mass is 9.92. The number of nitrogens with zero attached hydrogens (tertiary/aromatic N) is 1. The summed E-state index contributed by atoms with van der Waals surface area (Å²) in [5.41, 5.74) is 3.43. The highest BCUT2D eigenvalue weighted by atomic mass is 35.5. The molecule has 0 fully saturated rings. The van der Waals surface area contributed by atoms with Crippen molar-refractivity contribution in [2.24, 2.45) is 11.1 Å². The normalized spacial score (nSPS) is 11.5. The van der Waals surface area contributed by atoms with Gasteiger partial charge in [0.25, 0.3) is 0 Å². The van der Waals surface area contributed by atoms with Crippen molar-refractivity contribution in [3.63, 3.8) is 0 Å². The average Bonchev–Trinajstić information content (AvgIpc) is 2.51. The number of likely N-dealkylation sites (N-methyl/N-ethyl adjacent to an activating group) is 1. The summed E-state index contributed by atoms with van der Waals surface area (Å²) in [6.45, 7) is 4.98. The van der Waals surface area contributed by atoms with Crippen molar-refractivity contribution < 1.29 is 22.8 Å². The van der Waals surface area contributed by atoms with Gasteiger partial charge in [-0.15, -0.1) is 12.4 Å². The molecule has 0 saturated heterocycles. The molecule has 3 N–H and O–H groups in total. The summed E-state index contributed by atoms with van der Waals surface area (Å²) in [4.78, 5) is 25.7. The van der Waals surface area contributed by atoms with Gasteiger partial charge in [-0.3, -0.25) is 9.59 Å². The maximum absolute atomic E-state index is 12.9. The molecule has 0 aromatic heterocycles. The van der Waals surface area contributed by atoms with Gasteiger partial charge in [0.2, 0.25) is 11.8 Å². The largest absolute Gasteiger partial charge is 0.418 e. The first-order valence-corrected chi connectivity index (χ1v) is 7.48. The van der Waals surface area contributed by atoms with Crippen LogP contribution in [0.1, 0.15) is 26.3 Å². The third-order valence-corrected chi connectivity index (χ3v) is 3.60. The van der Waals surface area contributed by atoms with Crippen LogP contribution in [-0.4, -0.2) is 36.3 Å². The summed E-state index contributed by atoms with van der Waals surface area (Å²) in [6.07, 6.45) is -4.58. The Morgan fingerprint density at radius 2 is 1.76 bits per heavy atom. The fourth-order valence-electron chi connectivity index (χ4n) is 2.04. The molecule has 0 saturated carbocycles. The molecule has 25 heavy (non-hydrogen) atoms. The van der Waals surface area contributed by atoms with E-state index < -0.39 is 23.1 Å². The van der Waals surface area contributed by atoms with Crippen molar-refractivity contribution in [2.75, 3.05) is 25.0 Å². The van der Waals surface area contributed by atoms with E-state index in [9.17, 15) is 22.8 Å². The van der Waals surface area contributed by atoms with Crippen LogP contribution < -0.4 is 11.1 Å². The lowest BCUT2D eigenvalue weighted by Gasteiger charge is -2.30. The van der Waals surface area contributed by atoms with Crippen LogP contribution in [-0.2, 0) is 15.8 Å². The number of nitrogens with two attached hydrogens (primary N) is 1. The van der Waals surface area contributed by atoms with Crippen LogP contribution in [0.2, 0.25) is 0 Å². The SMILES string of the molecule is CCN(CC(=O)Nc1ccccc1C(F)(F)F)C(=O)C(C)(C)CN.Cl. The molecule has 1 rings (SSSR count). The van der Waals surface area contributed by atoms with Crippen molar-refractivity contribution in [1.29, 1.82) is 0 Å². The maximum atomic E-state index is 12.9. The van der Waals surface area contributed by atoms with E-state index in [2.05, 4.69) is 5.32 Å². The number of rotatable bonds is 6. The van der Waals surface area contributed by atoms with Crippen LogP contribution in [0.5, 0.6) is 0 Å². The minimum atomic E-state index is -4.58. The zero-order valence-corrected chi connectivity index (χ0v) is 15.1. The lowest BCUT2D eigenvalue weighted by Crippen LogP contribution is -2.47. The highest BCUT2D eigenvalue weighted by Crippen LogP contribution is 2.34. The quantitative estimate of drug-likeness (QED) is 0.795. The monoisotopic (exact) mass is 381 g/mol. The number of anilines is 1. The molecule has 1 aromatic rings. The van der Waals surface area contributed by atoms with E-state index in [1.54, 1.807) is 20.8 Å². The number of alkyl halides is 3. The number of hydrogen-bond donors (Lipinski definition) is 2. The van der Waals surface area contributed by atoms with E-state index in [4.69, 9.17) is 5.73 Å². The number of para-hydroxylation sites is 1. The fourth-order valence-corrected chi connectivity index (χ4v) is 2.04. The highest BCUT2D eigenvalue weighted by Gasteiger charge is 2.34. The maximum Gasteiger partial charge on any atom is 0.418 e. The third kappa shape index (κ3) is 6.21. The topological polar surface area (TPSA) is 75.4 Å². The molecule has 5 nitrogen and oxygen atoms in total.